The highest BCUT2D eigenvalue weighted by molar-refractivity contribution is 8.00. The quantitative estimate of drug-likeness (QED) is 0.195. The van der Waals surface area contributed by atoms with Crippen molar-refractivity contribution in [2.75, 3.05) is 59.2 Å². The van der Waals surface area contributed by atoms with Gasteiger partial charge in [0, 0.05) is 48.8 Å². The second kappa shape index (κ2) is 16.4. The second-order valence-electron chi connectivity index (χ2n) is 10.1. The number of benzene rings is 3. The Hall–Kier alpha value is -4.88. The lowest BCUT2D eigenvalue weighted by Gasteiger charge is -2.32. The van der Waals surface area contributed by atoms with Crippen molar-refractivity contribution in [2.45, 2.75) is 16.6 Å². The average molecular weight is 653 g/mol. The number of thioether (sulfide) groups is 1. The monoisotopic (exact) mass is 652 g/mol. The molecule has 0 saturated carbocycles. The van der Waals surface area contributed by atoms with Crippen LogP contribution in [0.2, 0.25) is 0 Å². The maximum atomic E-state index is 13.3. The number of hydrogen-bond acceptors (Lipinski definition) is 10. The Labute approximate surface area is 271 Å². The van der Waals surface area contributed by atoms with Gasteiger partial charge >= 0.3 is 11.9 Å². The Kier molecular flexibility index (Phi) is 12.1. The smallest absolute Gasteiger partial charge is 0.328 e. The molecule has 3 aromatic carbocycles. The summed E-state index contributed by atoms with van der Waals surface area (Å²) < 4.78 is 28.3. The Morgan fingerprint density at radius 3 is 2.41 bits per heavy atom. The number of para-hydroxylation sites is 1. The number of likely N-dealkylation sites (N-methyl/N-ethyl adjacent to an activating group) is 2. The zero-order valence-electron chi connectivity index (χ0n) is 25.7. The van der Waals surface area contributed by atoms with Crippen LogP contribution in [0.5, 0.6) is 28.7 Å². The number of carbonyl (C=O) groups excluding carboxylic acids is 1. The van der Waals surface area contributed by atoms with Gasteiger partial charge in [-0.3, -0.25) is 4.79 Å². The molecule has 0 bridgehead atoms. The third-order valence-electron chi connectivity index (χ3n) is 6.92. The minimum atomic E-state index is -1.26. The van der Waals surface area contributed by atoms with E-state index < -0.39 is 17.2 Å². The summed E-state index contributed by atoms with van der Waals surface area (Å²) in [6, 6.07) is 19.2. The van der Waals surface area contributed by atoms with Crippen LogP contribution in [0.1, 0.15) is 17.2 Å². The molecule has 0 saturated heterocycles. The van der Waals surface area contributed by atoms with Gasteiger partial charge in [0.15, 0.2) is 11.5 Å². The lowest BCUT2D eigenvalue weighted by Crippen LogP contribution is -2.33. The zero-order chi connectivity index (χ0) is 33.1. The van der Waals surface area contributed by atoms with Crippen molar-refractivity contribution in [1.29, 1.82) is 0 Å². The molecule has 244 valence electrons. The van der Waals surface area contributed by atoms with E-state index in [-0.39, 0.29) is 12.7 Å². The van der Waals surface area contributed by atoms with Crippen LogP contribution in [0, 0.1) is 0 Å². The van der Waals surface area contributed by atoms with Crippen LogP contribution in [0.3, 0.4) is 0 Å². The van der Waals surface area contributed by atoms with E-state index in [0.29, 0.717) is 36.9 Å². The van der Waals surface area contributed by atoms with Gasteiger partial charge in [-0.25, -0.2) is 9.59 Å². The average Bonchev–Trinajstić information content (AvgIpc) is 3.52. The number of carbonyl (C=O) groups is 3. The maximum absolute atomic E-state index is 13.3. The molecule has 46 heavy (non-hydrogen) atoms. The summed E-state index contributed by atoms with van der Waals surface area (Å²) in [7, 11) is 5.51. The molecular formula is C33H36N2O10S. The van der Waals surface area contributed by atoms with Crippen LogP contribution >= 0.6 is 11.8 Å². The van der Waals surface area contributed by atoms with Crippen molar-refractivity contribution >= 4 is 35.3 Å². The Morgan fingerprint density at radius 2 is 1.67 bits per heavy atom. The molecule has 0 spiro atoms. The van der Waals surface area contributed by atoms with E-state index >= 15 is 0 Å². The van der Waals surface area contributed by atoms with Gasteiger partial charge in [0.25, 0.3) is 0 Å². The topological polar surface area (TPSA) is 144 Å². The molecule has 2 aliphatic rings. The minimum Gasteiger partial charge on any atom is -0.497 e. The minimum absolute atomic E-state index is 0.0222. The first-order valence-electron chi connectivity index (χ1n) is 14.3. The molecule has 0 aromatic heterocycles. The number of anilines is 1. The number of amides is 1. The second-order valence-corrected chi connectivity index (χ2v) is 11.3. The zero-order valence-corrected chi connectivity index (χ0v) is 26.5. The van der Waals surface area contributed by atoms with Gasteiger partial charge in [-0.15, -0.1) is 11.8 Å². The molecular weight excluding hydrogens is 616 g/mol. The summed E-state index contributed by atoms with van der Waals surface area (Å²) in [5.74, 6) is 1.14. The van der Waals surface area contributed by atoms with Crippen molar-refractivity contribution in [1.82, 2.24) is 4.90 Å². The fourth-order valence-corrected chi connectivity index (χ4v) is 5.86. The first kappa shape index (κ1) is 34.0. The van der Waals surface area contributed by atoms with E-state index in [2.05, 4.69) is 11.9 Å². The summed E-state index contributed by atoms with van der Waals surface area (Å²) in [5.41, 5.74) is 1.75. The third-order valence-corrected chi connectivity index (χ3v) is 8.21. The van der Waals surface area contributed by atoms with E-state index in [1.165, 1.54) is 0 Å². The largest absolute Gasteiger partial charge is 0.497 e. The van der Waals surface area contributed by atoms with Crippen molar-refractivity contribution in [3.8, 4) is 28.7 Å². The molecule has 13 heteroatoms. The predicted octanol–water partition coefficient (Wildman–Crippen LogP) is 4.73. The van der Waals surface area contributed by atoms with Gasteiger partial charge in [-0.2, -0.15) is 0 Å². The Balaban J connectivity index is 0.000000533. The number of ether oxygens (including phenoxy) is 5. The van der Waals surface area contributed by atoms with E-state index in [4.69, 9.17) is 33.9 Å². The molecule has 2 N–H and O–H groups in total. The molecule has 1 amide bonds. The van der Waals surface area contributed by atoms with Crippen molar-refractivity contribution in [3.05, 3.63) is 78.4 Å². The fourth-order valence-electron chi connectivity index (χ4n) is 4.55. The summed E-state index contributed by atoms with van der Waals surface area (Å²) >= 11 is 1.55. The fraction of sp³-hybridized carbons (Fsp3) is 0.303. The molecule has 3 aromatic rings. The Morgan fingerprint density at radius 1 is 0.957 bits per heavy atom. The lowest BCUT2D eigenvalue weighted by molar-refractivity contribution is -0.134. The van der Waals surface area contributed by atoms with Crippen LogP contribution in [0.4, 0.5) is 5.69 Å². The van der Waals surface area contributed by atoms with Crippen LogP contribution in [-0.4, -0.2) is 87.3 Å². The first-order chi connectivity index (χ1) is 22.2. The number of methoxy groups -OCH3 is 1. The standard InChI is InChI=1S/C29H32N2O6S.C4H4O4/c1-30(14-16-34-21-10-12-25-26(18-21)37-19-36-25)13-6-15-35-24-11-9-20(33-3)17-22(24)28-29(32)31(2)23-7-4-5-8-27(23)38-28;5-3(6)1-2-4(7)8/h4-5,7-12,17-18,28H,6,13-16,19H2,1-3H3;1-2H,(H,5,6)(H,7,8)/b;2-1-/t28-;/m0./s1. The van der Waals surface area contributed by atoms with Gasteiger partial charge in [0.1, 0.15) is 29.1 Å². The van der Waals surface area contributed by atoms with Gasteiger partial charge < -0.3 is 43.7 Å². The van der Waals surface area contributed by atoms with E-state index in [1.54, 1.807) is 23.8 Å². The number of carboxylic acid groups (broad SMARTS) is 2. The van der Waals surface area contributed by atoms with E-state index in [0.717, 1.165) is 52.9 Å². The SMILES string of the molecule is COc1ccc(OCCCN(C)CCOc2ccc3c(c2)OCO3)c([C@@H]2Sc3ccccc3N(C)C2=O)c1.O=C(O)/C=C\C(=O)O. The van der Waals surface area contributed by atoms with Crippen molar-refractivity contribution < 1.29 is 48.3 Å². The normalized spacial score (nSPS) is 14.8. The summed E-state index contributed by atoms with van der Waals surface area (Å²) in [5, 5.41) is 15.2. The van der Waals surface area contributed by atoms with E-state index in [9.17, 15) is 14.4 Å². The molecule has 0 radical (unpaired) electrons. The number of hydrogen-bond donors (Lipinski definition) is 2. The first-order valence-corrected chi connectivity index (χ1v) is 15.2. The molecule has 1 atom stereocenters. The van der Waals surface area contributed by atoms with Gasteiger partial charge in [-0.05, 0) is 55.9 Å². The van der Waals surface area contributed by atoms with Crippen LogP contribution in [-0.2, 0) is 14.4 Å². The Bertz CT molecular complexity index is 1550. The number of nitrogens with zero attached hydrogens (tertiary/aromatic N) is 2. The summed E-state index contributed by atoms with van der Waals surface area (Å²) in [6.45, 7) is 2.98. The molecule has 2 heterocycles. The highest BCUT2D eigenvalue weighted by atomic mass is 32.2. The van der Waals surface area contributed by atoms with Crippen LogP contribution in [0.15, 0.2) is 77.7 Å². The van der Waals surface area contributed by atoms with Crippen molar-refractivity contribution in [3.63, 3.8) is 0 Å². The third kappa shape index (κ3) is 9.31. The van der Waals surface area contributed by atoms with Crippen LogP contribution in [0.25, 0.3) is 0 Å². The molecule has 0 unspecified atom stereocenters. The van der Waals surface area contributed by atoms with Gasteiger partial charge in [0.2, 0.25) is 12.7 Å². The number of fused-ring (bicyclic) bond motifs is 2. The predicted molar refractivity (Wildman–Crippen MR) is 172 cm³/mol. The summed E-state index contributed by atoms with van der Waals surface area (Å²) in [4.78, 5) is 37.4. The van der Waals surface area contributed by atoms with Crippen LogP contribution < -0.4 is 28.6 Å². The number of rotatable bonds is 13. The molecule has 2 aliphatic heterocycles. The van der Waals surface area contributed by atoms with E-state index in [1.807, 2.05) is 67.7 Å². The highest BCUT2D eigenvalue weighted by Gasteiger charge is 2.34. The molecule has 0 aliphatic carbocycles. The maximum Gasteiger partial charge on any atom is 0.328 e. The molecule has 12 nitrogen and oxygen atoms in total. The summed E-state index contributed by atoms with van der Waals surface area (Å²) in [6.07, 6.45) is 1.95. The van der Waals surface area contributed by atoms with Gasteiger partial charge in [-0.1, -0.05) is 12.1 Å². The highest BCUT2D eigenvalue weighted by Crippen LogP contribution is 2.48. The number of carboxylic acids is 2. The molecule has 5 rings (SSSR count). The number of aliphatic carboxylic acids is 2. The van der Waals surface area contributed by atoms with Gasteiger partial charge in [0.05, 0.1) is 19.4 Å². The lowest BCUT2D eigenvalue weighted by atomic mass is 10.1. The molecule has 0 fully saturated rings. The van der Waals surface area contributed by atoms with Crippen molar-refractivity contribution in [2.24, 2.45) is 0 Å².